The first-order chi connectivity index (χ1) is 13.7. The largest absolute Gasteiger partial charge is 0.451 e. The fraction of sp³-hybridized carbons (Fsp3) is 0.526. The minimum absolute atomic E-state index is 0.0222. The van der Waals surface area contributed by atoms with Crippen molar-refractivity contribution in [2.24, 2.45) is 5.92 Å². The van der Waals surface area contributed by atoms with Gasteiger partial charge in [0.1, 0.15) is 11.6 Å². The number of amides is 2. The molecule has 2 rings (SSSR count). The van der Waals surface area contributed by atoms with Gasteiger partial charge in [0.25, 0.3) is 17.5 Å². The van der Waals surface area contributed by atoms with Crippen LogP contribution in [0.4, 0.5) is 5.69 Å². The summed E-state index contributed by atoms with van der Waals surface area (Å²) in [6.45, 7) is 3.06. The van der Waals surface area contributed by atoms with E-state index >= 15 is 0 Å². The van der Waals surface area contributed by atoms with Crippen molar-refractivity contribution in [3.63, 3.8) is 0 Å². The highest BCUT2D eigenvalue weighted by Crippen LogP contribution is 2.25. The van der Waals surface area contributed by atoms with E-state index in [1.165, 1.54) is 19.1 Å². The Balaban J connectivity index is 1.82. The molecule has 1 aromatic rings. The summed E-state index contributed by atoms with van der Waals surface area (Å²) in [4.78, 5) is 46.4. The van der Waals surface area contributed by atoms with Crippen molar-refractivity contribution in [2.75, 3.05) is 6.54 Å². The van der Waals surface area contributed by atoms with Gasteiger partial charge in [0.05, 0.1) is 4.92 Å². The summed E-state index contributed by atoms with van der Waals surface area (Å²) < 4.78 is 5.06. The molecule has 1 aliphatic rings. The highest BCUT2D eigenvalue weighted by molar-refractivity contribution is 6.32. The number of nitro benzene ring substituents is 1. The number of benzene rings is 1. The second-order valence-corrected chi connectivity index (χ2v) is 7.52. The number of carbonyl (C=O) groups is 3. The molecule has 9 nitrogen and oxygen atoms in total. The third-order valence-electron chi connectivity index (χ3n) is 4.91. The van der Waals surface area contributed by atoms with Gasteiger partial charge in [0, 0.05) is 17.7 Å². The van der Waals surface area contributed by atoms with Gasteiger partial charge in [0.2, 0.25) is 0 Å². The Hall–Kier alpha value is -2.68. The molecule has 29 heavy (non-hydrogen) atoms. The maximum absolute atomic E-state index is 12.2. The number of nitrogens with one attached hydrogen (secondary N) is 2. The molecule has 0 bridgehead atoms. The zero-order valence-corrected chi connectivity index (χ0v) is 17.0. The average Bonchev–Trinajstić information content (AvgIpc) is 2.67. The van der Waals surface area contributed by atoms with E-state index in [1.54, 1.807) is 0 Å². The fourth-order valence-electron chi connectivity index (χ4n) is 3.17. The van der Waals surface area contributed by atoms with Crippen LogP contribution >= 0.6 is 11.6 Å². The summed E-state index contributed by atoms with van der Waals surface area (Å²) in [5.74, 6) is -1.49. The van der Waals surface area contributed by atoms with Crippen LogP contribution in [0.5, 0.6) is 0 Å². The van der Waals surface area contributed by atoms with E-state index in [1.807, 2.05) is 0 Å². The standard InChI is InChI=1S/C19H24ClN3O6/c1-11-5-3-4-6-15(11)22-18(25)12(2)29-17(24)10-21-19(26)13-7-8-14(20)16(9-13)23(27)28/h7-9,11-12,15H,3-6,10H2,1-2H3,(H,21,26)(H,22,25)/t11-,12+,15-/m1/s1. The SMILES string of the molecule is C[C@H](OC(=O)CNC(=O)c1ccc(Cl)c([N+](=O)[O-])c1)C(=O)N[C@@H]1CCCC[C@H]1C. The van der Waals surface area contributed by atoms with Crippen molar-refractivity contribution in [3.8, 4) is 0 Å². The summed E-state index contributed by atoms with van der Waals surface area (Å²) in [5, 5.41) is 16.0. The molecule has 158 valence electrons. The van der Waals surface area contributed by atoms with Crippen LogP contribution in [0.1, 0.15) is 49.9 Å². The fourth-order valence-corrected chi connectivity index (χ4v) is 3.36. The lowest BCUT2D eigenvalue weighted by atomic mass is 9.86. The topological polar surface area (TPSA) is 128 Å². The minimum Gasteiger partial charge on any atom is -0.451 e. The predicted octanol–water partition coefficient (Wildman–Crippen LogP) is 2.60. The first kappa shape index (κ1) is 22.6. The Morgan fingerprint density at radius 2 is 2.00 bits per heavy atom. The maximum atomic E-state index is 12.2. The summed E-state index contributed by atoms with van der Waals surface area (Å²) in [6.07, 6.45) is 3.16. The molecule has 10 heteroatoms. The van der Waals surface area contributed by atoms with Crippen molar-refractivity contribution in [2.45, 2.75) is 51.7 Å². The Kier molecular flexibility index (Phi) is 7.95. The van der Waals surface area contributed by atoms with E-state index in [0.717, 1.165) is 31.7 Å². The number of ether oxygens (including phenoxy) is 1. The number of rotatable bonds is 7. The van der Waals surface area contributed by atoms with Gasteiger partial charge >= 0.3 is 5.97 Å². The smallest absolute Gasteiger partial charge is 0.326 e. The van der Waals surface area contributed by atoms with Gasteiger partial charge in [-0.2, -0.15) is 0 Å². The van der Waals surface area contributed by atoms with Crippen LogP contribution in [0.25, 0.3) is 0 Å². The van der Waals surface area contributed by atoms with Crippen LogP contribution in [-0.4, -0.2) is 41.4 Å². The van der Waals surface area contributed by atoms with Crippen molar-refractivity contribution in [1.82, 2.24) is 10.6 Å². The molecule has 2 amide bonds. The predicted molar refractivity (Wildman–Crippen MR) is 106 cm³/mol. The van der Waals surface area contributed by atoms with Crippen LogP contribution in [0.3, 0.4) is 0 Å². The van der Waals surface area contributed by atoms with E-state index in [9.17, 15) is 24.5 Å². The van der Waals surface area contributed by atoms with Crippen LogP contribution in [0.2, 0.25) is 5.02 Å². The highest BCUT2D eigenvalue weighted by Gasteiger charge is 2.26. The van der Waals surface area contributed by atoms with E-state index in [4.69, 9.17) is 16.3 Å². The molecule has 0 aromatic heterocycles. The van der Waals surface area contributed by atoms with Gasteiger partial charge in [-0.3, -0.25) is 24.5 Å². The summed E-state index contributed by atoms with van der Waals surface area (Å²) in [5.41, 5.74) is -0.435. The molecule has 3 atom stereocenters. The van der Waals surface area contributed by atoms with Gasteiger partial charge in [-0.05, 0) is 37.8 Å². The zero-order valence-electron chi connectivity index (χ0n) is 16.3. The second-order valence-electron chi connectivity index (χ2n) is 7.11. The molecular weight excluding hydrogens is 402 g/mol. The maximum Gasteiger partial charge on any atom is 0.326 e. The van der Waals surface area contributed by atoms with Gasteiger partial charge in [-0.25, -0.2) is 0 Å². The van der Waals surface area contributed by atoms with E-state index in [0.29, 0.717) is 5.92 Å². The Morgan fingerprint density at radius 1 is 1.31 bits per heavy atom. The quantitative estimate of drug-likeness (QED) is 0.392. The third kappa shape index (κ3) is 6.42. The molecule has 0 radical (unpaired) electrons. The molecule has 0 saturated heterocycles. The number of nitrogens with zero attached hydrogens (tertiary/aromatic N) is 1. The number of hydrogen-bond donors (Lipinski definition) is 2. The molecule has 1 aliphatic carbocycles. The molecule has 0 spiro atoms. The van der Waals surface area contributed by atoms with Gasteiger partial charge < -0.3 is 15.4 Å². The number of hydrogen-bond acceptors (Lipinski definition) is 6. The Morgan fingerprint density at radius 3 is 2.66 bits per heavy atom. The van der Waals surface area contributed by atoms with Crippen molar-refractivity contribution < 1.29 is 24.0 Å². The number of halogens is 1. The molecule has 1 aromatic carbocycles. The Labute approximate surface area is 173 Å². The Bertz CT molecular complexity index is 800. The number of nitro groups is 1. The van der Waals surface area contributed by atoms with Crippen LogP contribution in [0, 0.1) is 16.0 Å². The number of carbonyl (C=O) groups excluding carboxylic acids is 3. The summed E-state index contributed by atoms with van der Waals surface area (Å²) >= 11 is 5.70. The number of esters is 1. The third-order valence-corrected chi connectivity index (χ3v) is 5.23. The summed E-state index contributed by atoms with van der Waals surface area (Å²) in [6, 6.07) is 3.62. The van der Waals surface area contributed by atoms with E-state index < -0.39 is 35.1 Å². The lowest BCUT2D eigenvalue weighted by Crippen LogP contribution is -2.46. The van der Waals surface area contributed by atoms with Gasteiger partial charge in [-0.1, -0.05) is 31.4 Å². The monoisotopic (exact) mass is 425 g/mol. The van der Waals surface area contributed by atoms with Crippen molar-refractivity contribution in [1.29, 1.82) is 0 Å². The molecule has 0 heterocycles. The zero-order chi connectivity index (χ0) is 21.6. The minimum atomic E-state index is -0.995. The average molecular weight is 426 g/mol. The van der Waals surface area contributed by atoms with Gasteiger partial charge in [-0.15, -0.1) is 0 Å². The van der Waals surface area contributed by atoms with Crippen LogP contribution in [-0.2, 0) is 14.3 Å². The summed E-state index contributed by atoms with van der Waals surface area (Å²) in [7, 11) is 0. The highest BCUT2D eigenvalue weighted by atomic mass is 35.5. The van der Waals surface area contributed by atoms with E-state index in [-0.39, 0.29) is 22.5 Å². The molecule has 0 aliphatic heterocycles. The molecule has 2 N–H and O–H groups in total. The lowest BCUT2D eigenvalue weighted by molar-refractivity contribution is -0.384. The first-order valence-corrected chi connectivity index (χ1v) is 9.78. The van der Waals surface area contributed by atoms with Crippen molar-refractivity contribution in [3.05, 3.63) is 38.9 Å². The second kappa shape index (κ2) is 10.2. The van der Waals surface area contributed by atoms with Crippen LogP contribution in [0.15, 0.2) is 18.2 Å². The van der Waals surface area contributed by atoms with E-state index in [2.05, 4.69) is 17.6 Å². The van der Waals surface area contributed by atoms with Crippen molar-refractivity contribution >= 4 is 35.1 Å². The molecule has 1 saturated carbocycles. The van der Waals surface area contributed by atoms with Crippen LogP contribution < -0.4 is 10.6 Å². The normalized spacial score (nSPS) is 19.7. The molecular formula is C19H24ClN3O6. The molecule has 1 fully saturated rings. The van der Waals surface area contributed by atoms with Gasteiger partial charge in [0.15, 0.2) is 6.10 Å². The molecule has 0 unspecified atom stereocenters. The lowest BCUT2D eigenvalue weighted by Gasteiger charge is -2.30. The first-order valence-electron chi connectivity index (χ1n) is 9.41.